The fourth-order valence-electron chi connectivity index (χ4n) is 6.57. The van der Waals surface area contributed by atoms with Crippen molar-refractivity contribution >= 4 is 10.8 Å². The highest BCUT2D eigenvalue weighted by atomic mass is 16.5. The molecule has 0 bridgehead atoms. The third-order valence-corrected chi connectivity index (χ3v) is 8.50. The first-order valence-electron chi connectivity index (χ1n) is 13.3. The lowest BCUT2D eigenvalue weighted by molar-refractivity contribution is 0.487. The maximum atomic E-state index is 6.55. The van der Waals surface area contributed by atoms with E-state index >= 15 is 0 Å². The Morgan fingerprint density at radius 2 is 1.16 bits per heavy atom. The normalized spacial score (nSPS) is 13.9. The summed E-state index contributed by atoms with van der Waals surface area (Å²) in [4.78, 5) is 0. The van der Waals surface area contributed by atoms with Crippen molar-refractivity contribution in [2.45, 2.75) is 19.3 Å². The van der Waals surface area contributed by atoms with E-state index in [1.807, 2.05) is 6.07 Å². The van der Waals surface area contributed by atoms with Gasteiger partial charge in [0.05, 0.1) is 0 Å². The molecule has 0 aromatic heterocycles. The number of hydrogen-bond donors (Lipinski definition) is 0. The number of benzene rings is 6. The second-order valence-corrected chi connectivity index (χ2v) is 10.9. The molecule has 2 aliphatic rings. The van der Waals surface area contributed by atoms with Gasteiger partial charge in [-0.25, -0.2) is 0 Å². The van der Waals surface area contributed by atoms with Crippen molar-refractivity contribution in [1.82, 2.24) is 0 Å². The number of fused-ring (bicyclic) bond motifs is 5. The number of ether oxygens (including phenoxy) is 1. The topological polar surface area (TPSA) is 9.23 Å². The molecule has 1 heteroatoms. The quantitative estimate of drug-likeness (QED) is 0.236. The van der Waals surface area contributed by atoms with Crippen LogP contribution in [0.5, 0.6) is 11.5 Å². The highest BCUT2D eigenvalue weighted by molar-refractivity contribution is 6.10. The standard InChI is InChI=1S/C37H26O/c1-37(2)32-14-7-6-11-27(32)28-17-16-25(21-33(28)37)26-19-20-34-36-30(26)12-8-13-31(36)29-18-15-24(22-35(29)38-34)23-9-4-3-5-10-23/h3-22H,1-2H3. The van der Waals surface area contributed by atoms with Gasteiger partial charge >= 0.3 is 0 Å². The third kappa shape index (κ3) is 2.93. The van der Waals surface area contributed by atoms with Gasteiger partial charge in [-0.15, -0.1) is 0 Å². The van der Waals surface area contributed by atoms with Crippen molar-refractivity contribution in [2.24, 2.45) is 0 Å². The lowest BCUT2D eigenvalue weighted by Crippen LogP contribution is -2.14. The van der Waals surface area contributed by atoms with Crippen LogP contribution >= 0.6 is 0 Å². The molecule has 0 spiro atoms. The summed E-state index contributed by atoms with van der Waals surface area (Å²) in [5.74, 6) is 1.84. The summed E-state index contributed by atoms with van der Waals surface area (Å²) in [6.07, 6.45) is 0. The monoisotopic (exact) mass is 486 g/mol. The van der Waals surface area contributed by atoms with E-state index in [0.717, 1.165) is 17.1 Å². The molecule has 6 aromatic rings. The van der Waals surface area contributed by atoms with Crippen LogP contribution in [0.4, 0.5) is 0 Å². The molecule has 0 radical (unpaired) electrons. The Balaban J connectivity index is 1.29. The van der Waals surface area contributed by atoms with Crippen molar-refractivity contribution in [3.05, 3.63) is 132 Å². The van der Waals surface area contributed by atoms with Crippen molar-refractivity contribution in [3.8, 4) is 56.0 Å². The highest BCUT2D eigenvalue weighted by Gasteiger charge is 2.35. The van der Waals surface area contributed by atoms with Gasteiger partial charge in [-0.2, -0.15) is 0 Å². The van der Waals surface area contributed by atoms with E-state index in [-0.39, 0.29) is 5.41 Å². The van der Waals surface area contributed by atoms with Gasteiger partial charge in [-0.05, 0) is 79.7 Å². The van der Waals surface area contributed by atoms with Crippen LogP contribution in [0.25, 0.3) is 55.3 Å². The molecule has 1 aliphatic heterocycles. The van der Waals surface area contributed by atoms with Gasteiger partial charge < -0.3 is 4.74 Å². The molecular formula is C37H26O. The van der Waals surface area contributed by atoms with Gasteiger partial charge in [0.1, 0.15) is 11.5 Å². The van der Waals surface area contributed by atoms with Crippen LogP contribution < -0.4 is 4.74 Å². The Morgan fingerprint density at radius 3 is 2.05 bits per heavy atom. The molecule has 8 rings (SSSR count). The predicted molar refractivity (Wildman–Crippen MR) is 158 cm³/mol. The smallest absolute Gasteiger partial charge is 0.135 e. The number of hydrogen-bond acceptors (Lipinski definition) is 1. The van der Waals surface area contributed by atoms with Gasteiger partial charge in [-0.1, -0.05) is 111 Å². The molecule has 180 valence electrons. The van der Waals surface area contributed by atoms with Crippen molar-refractivity contribution < 1.29 is 4.74 Å². The summed E-state index contributed by atoms with van der Waals surface area (Å²) in [7, 11) is 0. The average molecular weight is 487 g/mol. The molecule has 0 saturated carbocycles. The van der Waals surface area contributed by atoms with E-state index in [0.29, 0.717) is 0 Å². The van der Waals surface area contributed by atoms with Crippen LogP contribution in [-0.2, 0) is 5.41 Å². The summed E-state index contributed by atoms with van der Waals surface area (Å²) in [6.45, 7) is 4.68. The minimum absolute atomic E-state index is 0.0210. The third-order valence-electron chi connectivity index (χ3n) is 8.50. The maximum absolute atomic E-state index is 6.55. The van der Waals surface area contributed by atoms with Gasteiger partial charge in [0.15, 0.2) is 0 Å². The summed E-state index contributed by atoms with van der Waals surface area (Å²) in [5, 5.41) is 2.42. The van der Waals surface area contributed by atoms with Gasteiger partial charge in [-0.3, -0.25) is 0 Å². The van der Waals surface area contributed by atoms with Crippen LogP contribution in [0.1, 0.15) is 25.0 Å². The van der Waals surface area contributed by atoms with E-state index in [9.17, 15) is 0 Å². The van der Waals surface area contributed by atoms with E-state index in [1.165, 1.54) is 60.8 Å². The molecule has 0 fully saturated rings. The first-order valence-corrected chi connectivity index (χ1v) is 13.3. The SMILES string of the molecule is CC1(C)c2ccccc2-c2ccc(-c3ccc4c5c(cccc35)-c3ccc(-c5ccccc5)cc3O4)cc21. The first-order chi connectivity index (χ1) is 18.6. The maximum Gasteiger partial charge on any atom is 0.135 e. The molecular weight excluding hydrogens is 460 g/mol. The highest BCUT2D eigenvalue weighted by Crippen LogP contribution is 2.52. The largest absolute Gasteiger partial charge is 0.456 e. The Hall–Kier alpha value is -4.62. The first kappa shape index (κ1) is 21.5. The molecule has 38 heavy (non-hydrogen) atoms. The molecule has 0 saturated heterocycles. The predicted octanol–water partition coefficient (Wildman–Crippen LogP) is 10.3. The van der Waals surface area contributed by atoms with Gasteiger partial charge in [0.2, 0.25) is 0 Å². The van der Waals surface area contributed by atoms with E-state index in [1.54, 1.807) is 0 Å². The lowest BCUT2D eigenvalue weighted by Gasteiger charge is -2.24. The summed E-state index contributed by atoms with van der Waals surface area (Å²) < 4.78 is 6.55. The Bertz CT molecular complexity index is 1910. The van der Waals surface area contributed by atoms with E-state index in [4.69, 9.17) is 4.74 Å². The van der Waals surface area contributed by atoms with Gasteiger partial charge in [0.25, 0.3) is 0 Å². The Labute approximate surface area is 223 Å². The Kier molecular flexibility index (Phi) is 4.35. The van der Waals surface area contributed by atoms with Crippen LogP contribution in [-0.4, -0.2) is 0 Å². The lowest BCUT2D eigenvalue weighted by atomic mass is 9.81. The minimum Gasteiger partial charge on any atom is -0.456 e. The van der Waals surface area contributed by atoms with Crippen LogP contribution in [0.2, 0.25) is 0 Å². The zero-order valence-corrected chi connectivity index (χ0v) is 21.5. The second-order valence-electron chi connectivity index (χ2n) is 10.9. The van der Waals surface area contributed by atoms with Crippen LogP contribution in [0.3, 0.4) is 0 Å². The summed E-state index contributed by atoms with van der Waals surface area (Å²) >= 11 is 0. The van der Waals surface area contributed by atoms with Crippen molar-refractivity contribution in [3.63, 3.8) is 0 Å². The van der Waals surface area contributed by atoms with Crippen LogP contribution in [0.15, 0.2) is 121 Å². The zero-order chi connectivity index (χ0) is 25.4. The average Bonchev–Trinajstić information content (AvgIpc) is 3.20. The second kappa shape index (κ2) is 7.69. The fraction of sp³-hybridized carbons (Fsp3) is 0.0811. The molecule has 0 atom stereocenters. The molecule has 1 heterocycles. The summed E-state index contributed by atoms with van der Waals surface area (Å²) in [5.41, 5.74) is 12.7. The van der Waals surface area contributed by atoms with Crippen LogP contribution in [0, 0.1) is 0 Å². The molecule has 0 amide bonds. The van der Waals surface area contributed by atoms with Gasteiger partial charge in [0, 0.05) is 16.4 Å². The van der Waals surface area contributed by atoms with E-state index in [2.05, 4.69) is 129 Å². The molecule has 6 aromatic carbocycles. The molecule has 1 aliphatic carbocycles. The number of rotatable bonds is 2. The van der Waals surface area contributed by atoms with E-state index < -0.39 is 0 Å². The minimum atomic E-state index is -0.0210. The molecule has 0 unspecified atom stereocenters. The van der Waals surface area contributed by atoms with Crippen molar-refractivity contribution in [2.75, 3.05) is 0 Å². The Morgan fingerprint density at radius 1 is 0.447 bits per heavy atom. The van der Waals surface area contributed by atoms with Crippen molar-refractivity contribution in [1.29, 1.82) is 0 Å². The zero-order valence-electron chi connectivity index (χ0n) is 21.5. The molecule has 0 N–H and O–H groups in total. The fourth-order valence-corrected chi connectivity index (χ4v) is 6.57. The molecule has 1 nitrogen and oxygen atoms in total. The summed E-state index contributed by atoms with van der Waals surface area (Å²) in [6, 6.07) is 43.9.